The lowest BCUT2D eigenvalue weighted by Crippen LogP contribution is -2.46. The van der Waals surface area contributed by atoms with E-state index in [1.54, 1.807) is 0 Å². The topological polar surface area (TPSA) is 67.6 Å². The van der Waals surface area contributed by atoms with Gasteiger partial charge in [-0.25, -0.2) is 0 Å². The summed E-state index contributed by atoms with van der Waals surface area (Å²) in [5, 5.41) is 3.03. The molecule has 0 spiro atoms. The summed E-state index contributed by atoms with van der Waals surface area (Å²) in [5.74, 6) is 0.935. The number of amides is 1. The van der Waals surface area contributed by atoms with Crippen molar-refractivity contribution in [1.82, 2.24) is 10.2 Å². The van der Waals surface area contributed by atoms with Crippen molar-refractivity contribution in [1.29, 1.82) is 0 Å². The number of nitrogens with two attached hydrogens (primary N) is 1. The van der Waals surface area contributed by atoms with Crippen molar-refractivity contribution in [2.45, 2.75) is 44.9 Å². The molecule has 0 radical (unpaired) electrons. The number of hydrogen-bond donors (Lipinski definition) is 2. The predicted octanol–water partition coefficient (Wildman–Crippen LogP) is 3.09. The van der Waals surface area contributed by atoms with Gasteiger partial charge in [-0.05, 0) is 42.6 Å². The molecule has 1 saturated heterocycles. The summed E-state index contributed by atoms with van der Waals surface area (Å²) in [7, 11) is 0. The average molecular weight is 382 g/mol. The Bertz CT molecular complexity index is 718. The van der Waals surface area contributed by atoms with Gasteiger partial charge in [-0.1, -0.05) is 48.9 Å². The fourth-order valence-electron chi connectivity index (χ4n) is 3.62. The van der Waals surface area contributed by atoms with Gasteiger partial charge in [0, 0.05) is 32.1 Å². The maximum atomic E-state index is 11.7. The standard InChI is InChI=1S/C23H31N3O2/c24-14-13-23(27)25-16-21-8-4-5-15-26(21)17-19-9-11-22(12-10-19)28-18-20-6-2-1-3-7-20/h1-3,6-7,9-12,21H,4-5,8,13-18,24H2,(H,25,27). The predicted molar refractivity (Wildman–Crippen MR) is 112 cm³/mol. The van der Waals surface area contributed by atoms with Crippen molar-refractivity contribution in [3.8, 4) is 5.75 Å². The lowest BCUT2D eigenvalue weighted by Gasteiger charge is -2.36. The minimum Gasteiger partial charge on any atom is -0.489 e. The van der Waals surface area contributed by atoms with Crippen LogP contribution < -0.4 is 15.8 Å². The summed E-state index contributed by atoms with van der Waals surface area (Å²) in [4.78, 5) is 14.2. The van der Waals surface area contributed by atoms with Crippen LogP contribution in [0, 0.1) is 0 Å². The Kier molecular flexibility index (Phi) is 7.88. The second-order valence-electron chi connectivity index (χ2n) is 7.38. The molecule has 1 unspecified atom stereocenters. The molecule has 0 aliphatic carbocycles. The molecule has 3 N–H and O–H groups in total. The second-order valence-corrected chi connectivity index (χ2v) is 7.38. The first-order valence-electron chi connectivity index (χ1n) is 10.2. The fourth-order valence-corrected chi connectivity index (χ4v) is 3.62. The molecule has 0 aromatic heterocycles. The first-order chi connectivity index (χ1) is 13.7. The zero-order chi connectivity index (χ0) is 19.6. The average Bonchev–Trinajstić information content (AvgIpc) is 2.74. The zero-order valence-corrected chi connectivity index (χ0v) is 16.5. The molecule has 3 rings (SSSR count). The summed E-state index contributed by atoms with van der Waals surface area (Å²) in [6.07, 6.45) is 3.96. The van der Waals surface area contributed by atoms with Crippen LogP contribution in [0.2, 0.25) is 0 Å². The number of nitrogens with one attached hydrogen (secondary N) is 1. The van der Waals surface area contributed by atoms with Crippen molar-refractivity contribution < 1.29 is 9.53 Å². The van der Waals surface area contributed by atoms with E-state index < -0.39 is 0 Å². The van der Waals surface area contributed by atoms with Crippen LogP contribution in [0.15, 0.2) is 54.6 Å². The van der Waals surface area contributed by atoms with Crippen LogP contribution in [0.4, 0.5) is 0 Å². The van der Waals surface area contributed by atoms with Gasteiger partial charge >= 0.3 is 0 Å². The summed E-state index contributed by atoms with van der Waals surface area (Å²) >= 11 is 0. The van der Waals surface area contributed by atoms with E-state index in [1.165, 1.54) is 24.0 Å². The monoisotopic (exact) mass is 381 g/mol. The van der Waals surface area contributed by atoms with Gasteiger partial charge in [0.25, 0.3) is 0 Å². The Morgan fingerprint density at radius 1 is 1.07 bits per heavy atom. The Morgan fingerprint density at radius 2 is 1.86 bits per heavy atom. The van der Waals surface area contributed by atoms with E-state index in [1.807, 2.05) is 30.3 Å². The SMILES string of the molecule is NCCC(=O)NCC1CCCCN1Cc1ccc(OCc2ccccc2)cc1. The van der Waals surface area contributed by atoms with Gasteiger partial charge in [-0.2, -0.15) is 0 Å². The molecule has 2 aromatic carbocycles. The Balaban J connectivity index is 1.50. The van der Waals surface area contributed by atoms with Gasteiger partial charge in [-0.15, -0.1) is 0 Å². The molecule has 0 bridgehead atoms. The number of piperidine rings is 1. The van der Waals surface area contributed by atoms with Crippen molar-refractivity contribution in [3.63, 3.8) is 0 Å². The van der Waals surface area contributed by atoms with Gasteiger partial charge < -0.3 is 15.8 Å². The molecular formula is C23H31N3O2. The Labute approximate surface area is 167 Å². The van der Waals surface area contributed by atoms with Gasteiger partial charge in [-0.3, -0.25) is 9.69 Å². The molecule has 1 heterocycles. The van der Waals surface area contributed by atoms with Crippen molar-refractivity contribution in [2.24, 2.45) is 5.73 Å². The molecule has 5 nitrogen and oxygen atoms in total. The van der Waals surface area contributed by atoms with Gasteiger partial charge in [0.15, 0.2) is 0 Å². The Morgan fingerprint density at radius 3 is 2.61 bits per heavy atom. The lowest BCUT2D eigenvalue weighted by atomic mass is 10.0. The van der Waals surface area contributed by atoms with E-state index in [2.05, 4.69) is 34.5 Å². The van der Waals surface area contributed by atoms with Crippen molar-refractivity contribution >= 4 is 5.91 Å². The van der Waals surface area contributed by atoms with Crippen LogP contribution in [0.1, 0.15) is 36.8 Å². The van der Waals surface area contributed by atoms with Crippen LogP contribution in [0.25, 0.3) is 0 Å². The summed E-state index contributed by atoms with van der Waals surface area (Å²) in [6.45, 7) is 3.66. The highest BCUT2D eigenvalue weighted by atomic mass is 16.5. The smallest absolute Gasteiger partial charge is 0.221 e. The van der Waals surface area contributed by atoms with E-state index >= 15 is 0 Å². The quantitative estimate of drug-likeness (QED) is 0.700. The van der Waals surface area contributed by atoms with Crippen LogP contribution in [0.3, 0.4) is 0 Å². The van der Waals surface area contributed by atoms with E-state index in [0.717, 1.165) is 25.3 Å². The maximum absolute atomic E-state index is 11.7. The lowest BCUT2D eigenvalue weighted by molar-refractivity contribution is -0.121. The minimum atomic E-state index is 0.0490. The van der Waals surface area contributed by atoms with E-state index in [-0.39, 0.29) is 5.91 Å². The second kappa shape index (κ2) is 10.8. The fraction of sp³-hybridized carbons (Fsp3) is 0.435. The van der Waals surface area contributed by atoms with E-state index in [4.69, 9.17) is 10.5 Å². The number of rotatable bonds is 9. The molecule has 28 heavy (non-hydrogen) atoms. The highest BCUT2D eigenvalue weighted by molar-refractivity contribution is 5.76. The molecule has 1 aliphatic heterocycles. The van der Waals surface area contributed by atoms with Crippen LogP contribution >= 0.6 is 0 Å². The van der Waals surface area contributed by atoms with Crippen molar-refractivity contribution in [3.05, 3.63) is 65.7 Å². The third kappa shape index (κ3) is 6.36. The van der Waals surface area contributed by atoms with E-state index in [9.17, 15) is 4.79 Å². The third-order valence-electron chi connectivity index (χ3n) is 5.21. The van der Waals surface area contributed by atoms with Crippen LogP contribution in [-0.4, -0.2) is 36.5 Å². The van der Waals surface area contributed by atoms with Gasteiger partial charge in [0.05, 0.1) is 0 Å². The highest BCUT2D eigenvalue weighted by Crippen LogP contribution is 2.21. The Hall–Kier alpha value is -2.37. The molecule has 0 saturated carbocycles. The number of carbonyl (C=O) groups is 1. The largest absolute Gasteiger partial charge is 0.489 e. The number of likely N-dealkylation sites (tertiary alicyclic amines) is 1. The van der Waals surface area contributed by atoms with E-state index in [0.29, 0.717) is 32.2 Å². The normalized spacial score (nSPS) is 17.2. The summed E-state index contributed by atoms with van der Waals surface area (Å²) in [5.41, 5.74) is 7.89. The van der Waals surface area contributed by atoms with Crippen molar-refractivity contribution in [2.75, 3.05) is 19.6 Å². The molecular weight excluding hydrogens is 350 g/mol. The number of benzene rings is 2. The molecule has 1 amide bonds. The maximum Gasteiger partial charge on any atom is 0.221 e. The number of ether oxygens (including phenoxy) is 1. The van der Waals surface area contributed by atoms with Crippen LogP contribution in [0.5, 0.6) is 5.75 Å². The number of hydrogen-bond acceptors (Lipinski definition) is 4. The molecule has 2 aromatic rings. The summed E-state index contributed by atoms with van der Waals surface area (Å²) in [6, 6.07) is 18.9. The number of carbonyl (C=O) groups excluding carboxylic acids is 1. The van der Waals surface area contributed by atoms with Crippen LogP contribution in [-0.2, 0) is 17.9 Å². The molecule has 1 fully saturated rings. The highest BCUT2D eigenvalue weighted by Gasteiger charge is 2.22. The first kappa shape index (κ1) is 20.4. The first-order valence-corrected chi connectivity index (χ1v) is 10.2. The van der Waals surface area contributed by atoms with Gasteiger partial charge in [0.2, 0.25) is 5.91 Å². The minimum absolute atomic E-state index is 0.0490. The van der Waals surface area contributed by atoms with Gasteiger partial charge in [0.1, 0.15) is 12.4 Å². The summed E-state index contributed by atoms with van der Waals surface area (Å²) < 4.78 is 5.87. The molecule has 5 heteroatoms. The number of nitrogens with zero attached hydrogens (tertiary/aromatic N) is 1. The molecule has 150 valence electrons. The zero-order valence-electron chi connectivity index (χ0n) is 16.5. The third-order valence-corrected chi connectivity index (χ3v) is 5.21. The molecule has 1 atom stereocenters. The molecule has 1 aliphatic rings.